The van der Waals surface area contributed by atoms with Gasteiger partial charge in [-0.2, -0.15) is 0 Å². The number of guanidine groups is 1. The Hall–Kier alpha value is -2.40. The highest BCUT2D eigenvalue weighted by atomic mass is 79.9. The Labute approximate surface area is 209 Å². The second kappa shape index (κ2) is 11.1. The van der Waals surface area contributed by atoms with Crippen LogP contribution in [0.3, 0.4) is 0 Å². The Morgan fingerprint density at radius 1 is 1.36 bits per heavy atom. The van der Waals surface area contributed by atoms with Crippen LogP contribution in [-0.2, 0) is 35.3 Å². The largest absolute Gasteiger partial charge is 0.611 e. The Balaban J connectivity index is 0.00000385. The molecule has 1 atom stereocenters. The summed E-state index contributed by atoms with van der Waals surface area (Å²) >= 11 is 1.94. The van der Waals surface area contributed by atoms with Gasteiger partial charge in [-0.3, -0.25) is 5.41 Å². The number of benzene rings is 2. The minimum atomic E-state index is -1.41. The number of ether oxygens (including phenoxy) is 1. The van der Waals surface area contributed by atoms with E-state index in [1.165, 1.54) is 0 Å². The predicted octanol–water partition coefficient (Wildman–Crippen LogP) is 3.84. The summed E-state index contributed by atoms with van der Waals surface area (Å²) in [6.07, 6.45) is 0. The maximum atomic E-state index is 13.2. The van der Waals surface area contributed by atoms with Crippen molar-refractivity contribution in [1.82, 2.24) is 9.88 Å². The smallest absolute Gasteiger partial charge is 0.340 e. The van der Waals surface area contributed by atoms with E-state index >= 15 is 0 Å². The SMILES string of the molecule is CCOC(=O)c1c(C[S+]([O-])c2ccc(C)cc2)n(C)c2cc(Br)c(O)c(CNC(=N)N)c12.Cl. The number of phenolic OH excluding ortho intramolecular Hbond substituents is 1. The number of nitrogens with zero attached hydrogens (tertiary/aromatic N) is 1. The molecule has 0 radical (unpaired) electrons. The number of halogens is 2. The minimum absolute atomic E-state index is 0. The lowest BCUT2D eigenvalue weighted by molar-refractivity contribution is 0.0527. The first-order chi connectivity index (χ1) is 15.1. The lowest BCUT2D eigenvalue weighted by Crippen LogP contribution is -2.29. The van der Waals surface area contributed by atoms with E-state index in [2.05, 4.69) is 21.2 Å². The number of rotatable bonds is 7. The van der Waals surface area contributed by atoms with Gasteiger partial charge in [-0.15, -0.1) is 12.4 Å². The Kier molecular flexibility index (Phi) is 9.07. The summed E-state index contributed by atoms with van der Waals surface area (Å²) in [6, 6.07) is 9.10. The summed E-state index contributed by atoms with van der Waals surface area (Å²) in [7, 11) is 1.78. The maximum Gasteiger partial charge on any atom is 0.340 e. The second-order valence-electron chi connectivity index (χ2n) is 7.25. The topological polar surface area (TPSA) is 136 Å². The van der Waals surface area contributed by atoms with Crippen LogP contribution in [0.5, 0.6) is 5.75 Å². The van der Waals surface area contributed by atoms with E-state index in [9.17, 15) is 14.5 Å². The molecule has 0 spiro atoms. The van der Waals surface area contributed by atoms with E-state index in [0.717, 1.165) is 5.56 Å². The molecule has 0 aliphatic rings. The number of esters is 1. The third-order valence-electron chi connectivity index (χ3n) is 5.13. The zero-order valence-corrected chi connectivity index (χ0v) is 21.6. The molecule has 0 aliphatic heterocycles. The molecule has 5 N–H and O–H groups in total. The maximum absolute atomic E-state index is 13.2. The summed E-state index contributed by atoms with van der Waals surface area (Å²) in [4.78, 5) is 13.7. The number of nitrogens with one attached hydrogen (secondary N) is 2. The van der Waals surface area contributed by atoms with E-state index in [0.29, 0.717) is 31.5 Å². The number of fused-ring (bicyclic) bond motifs is 1. The van der Waals surface area contributed by atoms with Gasteiger partial charge < -0.3 is 30.0 Å². The number of hydrogen-bond donors (Lipinski definition) is 4. The molecule has 0 saturated heterocycles. The van der Waals surface area contributed by atoms with Gasteiger partial charge in [0.25, 0.3) is 0 Å². The summed E-state index contributed by atoms with van der Waals surface area (Å²) in [5, 5.41) is 21.3. The molecule has 0 bridgehead atoms. The molecule has 0 saturated carbocycles. The van der Waals surface area contributed by atoms with Gasteiger partial charge in [-0.1, -0.05) is 17.7 Å². The summed E-state index contributed by atoms with van der Waals surface area (Å²) in [5.74, 6) is -0.833. The summed E-state index contributed by atoms with van der Waals surface area (Å²) in [5.41, 5.74) is 8.30. The van der Waals surface area contributed by atoms with Crippen molar-refractivity contribution < 1.29 is 19.2 Å². The molecule has 0 fully saturated rings. The number of aromatic nitrogens is 1. The lowest BCUT2D eigenvalue weighted by Gasteiger charge is -2.13. The zero-order chi connectivity index (χ0) is 23.6. The van der Waals surface area contributed by atoms with Crippen molar-refractivity contribution in [2.45, 2.75) is 31.0 Å². The highest BCUT2D eigenvalue weighted by molar-refractivity contribution is 9.10. The van der Waals surface area contributed by atoms with Crippen LogP contribution < -0.4 is 11.1 Å². The van der Waals surface area contributed by atoms with Crippen LogP contribution in [0.2, 0.25) is 0 Å². The van der Waals surface area contributed by atoms with Crippen LogP contribution >= 0.6 is 28.3 Å². The van der Waals surface area contributed by atoms with Crippen LogP contribution in [0, 0.1) is 12.3 Å². The molecule has 0 amide bonds. The summed E-state index contributed by atoms with van der Waals surface area (Å²) < 4.78 is 20.7. The second-order valence-corrected chi connectivity index (χ2v) is 9.56. The highest BCUT2D eigenvalue weighted by Crippen LogP contribution is 2.40. The fourth-order valence-corrected chi connectivity index (χ4v) is 5.17. The average Bonchev–Trinajstić information content (AvgIpc) is 3.00. The van der Waals surface area contributed by atoms with Gasteiger partial charge in [0.05, 0.1) is 27.9 Å². The molecule has 1 unspecified atom stereocenters. The molecule has 8 nitrogen and oxygen atoms in total. The van der Waals surface area contributed by atoms with Gasteiger partial charge in [0.1, 0.15) is 5.75 Å². The van der Waals surface area contributed by atoms with Crippen molar-refractivity contribution in [2.24, 2.45) is 12.8 Å². The molecule has 0 aliphatic carbocycles. The average molecular weight is 558 g/mol. The molecule has 2 aromatic carbocycles. The molecule has 178 valence electrons. The van der Waals surface area contributed by atoms with E-state index < -0.39 is 17.1 Å². The molecule has 3 rings (SSSR count). The normalized spacial score (nSPS) is 11.7. The van der Waals surface area contributed by atoms with Crippen molar-refractivity contribution in [3.05, 3.63) is 57.2 Å². The van der Waals surface area contributed by atoms with Gasteiger partial charge in [-0.05, 0) is 59.2 Å². The quantitative estimate of drug-likeness (QED) is 0.151. The van der Waals surface area contributed by atoms with Crippen molar-refractivity contribution >= 4 is 62.3 Å². The van der Waals surface area contributed by atoms with Crippen molar-refractivity contribution in [3.8, 4) is 5.75 Å². The number of aryl methyl sites for hydroxylation is 2. The minimum Gasteiger partial charge on any atom is -0.611 e. The third kappa shape index (κ3) is 5.57. The molecular formula is C22H26BrClN4O4S. The van der Waals surface area contributed by atoms with Crippen LogP contribution in [0.15, 0.2) is 39.7 Å². The Bertz CT molecular complexity index is 1180. The Morgan fingerprint density at radius 3 is 2.58 bits per heavy atom. The molecule has 11 heteroatoms. The third-order valence-corrected chi connectivity index (χ3v) is 7.06. The van der Waals surface area contributed by atoms with Gasteiger partial charge >= 0.3 is 5.97 Å². The number of phenols is 1. The number of hydrogen-bond acceptors (Lipinski definition) is 5. The fraction of sp³-hybridized carbons (Fsp3) is 0.273. The standard InChI is InChI=1S/C22H25BrN4O4S.ClH/c1-4-31-21(29)19-17(11-32(30)13-7-5-12(2)6-8-13)27(3)16-9-15(23)20(28)14(18(16)19)10-26-22(24)25;/h5-9,28H,4,10-11H2,1-3H3,(H4,24,25,26);1H. The van der Waals surface area contributed by atoms with Crippen LogP contribution in [0.25, 0.3) is 10.9 Å². The first-order valence-corrected chi connectivity index (χ1v) is 12.0. The van der Waals surface area contributed by atoms with Crippen molar-refractivity contribution in [3.63, 3.8) is 0 Å². The van der Waals surface area contributed by atoms with Crippen molar-refractivity contribution in [1.29, 1.82) is 5.41 Å². The predicted molar refractivity (Wildman–Crippen MR) is 136 cm³/mol. The molecule has 33 heavy (non-hydrogen) atoms. The number of nitrogens with two attached hydrogens (primary N) is 1. The highest BCUT2D eigenvalue weighted by Gasteiger charge is 2.30. The first-order valence-electron chi connectivity index (χ1n) is 9.87. The zero-order valence-electron chi connectivity index (χ0n) is 18.4. The Morgan fingerprint density at radius 2 is 2.00 bits per heavy atom. The monoisotopic (exact) mass is 556 g/mol. The number of aromatic hydroxyl groups is 1. The van der Waals surface area contributed by atoms with E-state index in [4.69, 9.17) is 15.9 Å². The first kappa shape index (κ1) is 26.8. The summed E-state index contributed by atoms with van der Waals surface area (Å²) in [6.45, 7) is 3.85. The molecule has 3 aromatic rings. The van der Waals surface area contributed by atoms with E-state index in [1.54, 1.807) is 24.6 Å². The molecule has 1 heterocycles. The number of carbonyl (C=O) groups is 1. The van der Waals surface area contributed by atoms with Gasteiger partial charge in [0.2, 0.25) is 0 Å². The fourth-order valence-electron chi connectivity index (χ4n) is 3.52. The lowest BCUT2D eigenvalue weighted by atomic mass is 10.0. The van der Waals surface area contributed by atoms with Crippen LogP contribution in [0.4, 0.5) is 0 Å². The number of carbonyl (C=O) groups excluding carboxylic acids is 1. The van der Waals surface area contributed by atoms with Gasteiger partial charge in [0, 0.05) is 24.5 Å². The van der Waals surface area contributed by atoms with Crippen LogP contribution in [-0.4, -0.2) is 32.8 Å². The van der Waals surface area contributed by atoms with E-state index in [-0.39, 0.29) is 48.6 Å². The molecular weight excluding hydrogens is 532 g/mol. The van der Waals surface area contributed by atoms with Crippen LogP contribution in [0.1, 0.15) is 34.1 Å². The van der Waals surface area contributed by atoms with Gasteiger partial charge in [0.15, 0.2) is 16.6 Å². The van der Waals surface area contributed by atoms with Crippen molar-refractivity contribution in [2.75, 3.05) is 6.61 Å². The van der Waals surface area contributed by atoms with E-state index in [1.807, 2.05) is 31.2 Å². The molecule has 1 aromatic heterocycles. The van der Waals surface area contributed by atoms with Gasteiger partial charge in [-0.25, -0.2) is 4.79 Å².